The molecule has 40 heavy (non-hydrogen) atoms. The highest BCUT2D eigenvalue weighted by Crippen LogP contribution is 2.37. The number of hydrogen-bond acceptors (Lipinski definition) is 8. The van der Waals surface area contributed by atoms with Gasteiger partial charge in [-0.1, -0.05) is 30.8 Å². The molecule has 3 aromatic rings. The molecule has 1 amide bonds. The number of likely N-dealkylation sites (tertiary alicyclic amines) is 1. The number of fused-ring (bicyclic) bond motifs is 2. The van der Waals surface area contributed by atoms with E-state index in [1.54, 1.807) is 6.07 Å². The molecule has 0 bridgehead atoms. The molecule has 210 valence electrons. The van der Waals surface area contributed by atoms with Gasteiger partial charge in [0.15, 0.2) is 0 Å². The third-order valence-corrected chi connectivity index (χ3v) is 8.65. The van der Waals surface area contributed by atoms with Crippen LogP contribution in [0.1, 0.15) is 31.0 Å². The molecule has 2 fully saturated rings. The van der Waals surface area contributed by atoms with Gasteiger partial charge in [0.25, 0.3) is 0 Å². The van der Waals surface area contributed by atoms with E-state index >= 15 is 0 Å². The van der Waals surface area contributed by atoms with E-state index in [1.165, 1.54) is 12.5 Å². The Hall–Kier alpha value is -3.85. The summed E-state index contributed by atoms with van der Waals surface area (Å²) in [7, 11) is 2.14. The van der Waals surface area contributed by atoms with Crippen LogP contribution in [0, 0.1) is 0 Å². The van der Waals surface area contributed by atoms with Crippen LogP contribution < -0.4 is 14.5 Å². The van der Waals surface area contributed by atoms with Crippen LogP contribution in [-0.2, 0) is 17.8 Å². The summed E-state index contributed by atoms with van der Waals surface area (Å²) in [5.41, 5.74) is 3.10. The van der Waals surface area contributed by atoms with Crippen molar-refractivity contribution >= 4 is 28.2 Å². The lowest BCUT2D eigenvalue weighted by atomic mass is 10.0. The zero-order valence-electron chi connectivity index (χ0n) is 23.4. The van der Waals surface area contributed by atoms with E-state index in [0.29, 0.717) is 44.8 Å². The molecule has 4 heterocycles. The number of phenolic OH excluding ortho intramolecular Hbond substituents is 1. The van der Waals surface area contributed by atoms with Crippen LogP contribution in [0.2, 0.25) is 0 Å². The lowest BCUT2D eigenvalue weighted by molar-refractivity contribution is -0.126. The number of likely N-dealkylation sites (N-methyl/N-ethyl adjacent to an activating group) is 1. The predicted octanol–water partition coefficient (Wildman–Crippen LogP) is 3.59. The number of carbonyl (C=O) groups is 1. The molecular formula is C31H38N6O3. The fourth-order valence-electron chi connectivity index (χ4n) is 6.39. The Balaban J connectivity index is 1.33. The van der Waals surface area contributed by atoms with Crippen LogP contribution >= 0.6 is 0 Å². The van der Waals surface area contributed by atoms with Gasteiger partial charge in [-0.15, -0.1) is 0 Å². The summed E-state index contributed by atoms with van der Waals surface area (Å²) in [6, 6.07) is 12.7. The van der Waals surface area contributed by atoms with Gasteiger partial charge in [-0.3, -0.25) is 4.79 Å². The Bertz CT molecular complexity index is 1430. The minimum atomic E-state index is -0.0325. The molecule has 0 saturated carbocycles. The average Bonchev–Trinajstić information content (AvgIpc) is 3.38. The maximum absolute atomic E-state index is 12.3. The number of rotatable bonds is 6. The van der Waals surface area contributed by atoms with Crippen molar-refractivity contribution in [3.8, 4) is 11.8 Å². The van der Waals surface area contributed by atoms with Crippen LogP contribution in [0.3, 0.4) is 0 Å². The second-order valence-electron chi connectivity index (χ2n) is 11.2. The van der Waals surface area contributed by atoms with Crippen LogP contribution in [0.4, 0.5) is 11.5 Å². The first kappa shape index (κ1) is 26.4. The van der Waals surface area contributed by atoms with Crippen molar-refractivity contribution in [2.75, 3.05) is 56.2 Å². The van der Waals surface area contributed by atoms with Gasteiger partial charge in [0.05, 0.1) is 12.2 Å². The number of ether oxygens (including phenoxy) is 1. The van der Waals surface area contributed by atoms with E-state index < -0.39 is 0 Å². The summed E-state index contributed by atoms with van der Waals surface area (Å²) < 4.78 is 6.27. The highest BCUT2D eigenvalue weighted by atomic mass is 16.5. The third kappa shape index (κ3) is 5.06. The fourth-order valence-corrected chi connectivity index (χ4v) is 6.39. The van der Waals surface area contributed by atoms with Crippen LogP contribution in [0.25, 0.3) is 10.8 Å². The minimum absolute atomic E-state index is 0.0325. The lowest BCUT2D eigenvalue weighted by Gasteiger charge is -2.42. The van der Waals surface area contributed by atoms with Crippen molar-refractivity contribution in [2.24, 2.45) is 0 Å². The first-order chi connectivity index (χ1) is 19.4. The van der Waals surface area contributed by atoms with E-state index in [-0.39, 0.29) is 17.7 Å². The molecule has 9 nitrogen and oxygen atoms in total. The molecule has 2 aromatic carbocycles. The summed E-state index contributed by atoms with van der Waals surface area (Å²) in [5, 5.41) is 12.6. The zero-order valence-corrected chi connectivity index (χ0v) is 23.4. The molecule has 1 aromatic heterocycles. The van der Waals surface area contributed by atoms with Gasteiger partial charge in [0.2, 0.25) is 5.91 Å². The number of aromatic hydroxyl groups is 1. The second kappa shape index (κ2) is 11.0. The van der Waals surface area contributed by atoms with Gasteiger partial charge in [-0.25, -0.2) is 0 Å². The van der Waals surface area contributed by atoms with E-state index in [2.05, 4.69) is 41.3 Å². The SMILES string of the molecule is C=CC(=O)N1CCN(c2nc(OC[C@@H]3CCCN3C)nc3c2CCN(c2cc(O)cc4ccccc24)C3)[C@@H](C)C1. The first-order valence-electron chi connectivity index (χ1n) is 14.3. The summed E-state index contributed by atoms with van der Waals surface area (Å²) >= 11 is 0. The number of amides is 1. The summed E-state index contributed by atoms with van der Waals surface area (Å²) in [5.74, 6) is 1.14. The predicted molar refractivity (Wildman–Crippen MR) is 157 cm³/mol. The fraction of sp³-hybridized carbons (Fsp3) is 0.452. The number of aromatic nitrogens is 2. The molecule has 3 aliphatic heterocycles. The number of phenols is 1. The van der Waals surface area contributed by atoms with Gasteiger partial charge in [0.1, 0.15) is 18.2 Å². The Morgan fingerprint density at radius 2 is 2.02 bits per heavy atom. The van der Waals surface area contributed by atoms with Gasteiger partial charge < -0.3 is 29.4 Å². The summed E-state index contributed by atoms with van der Waals surface area (Å²) in [6.45, 7) is 10.8. The molecule has 0 unspecified atom stereocenters. The smallest absolute Gasteiger partial charge is 0.318 e. The first-order valence-corrected chi connectivity index (χ1v) is 14.3. The average molecular weight is 543 g/mol. The minimum Gasteiger partial charge on any atom is -0.508 e. The van der Waals surface area contributed by atoms with E-state index in [0.717, 1.165) is 59.5 Å². The van der Waals surface area contributed by atoms with Crippen molar-refractivity contribution in [1.82, 2.24) is 19.8 Å². The van der Waals surface area contributed by atoms with Crippen molar-refractivity contribution in [2.45, 2.75) is 44.8 Å². The Morgan fingerprint density at radius 3 is 2.80 bits per heavy atom. The number of benzene rings is 2. The van der Waals surface area contributed by atoms with Crippen LogP contribution in [-0.4, -0.2) is 89.2 Å². The van der Waals surface area contributed by atoms with Crippen molar-refractivity contribution in [3.05, 3.63) is 60.3 Å². The lowest BCUT2D eigenvalue weighted by Crippen LogP contribution is -2.54. The topological polar surface area (TPSA) is 85.3 Å². The maximum atomic E-state index is 12.3. The standard InChI is InChI=1S/C31H38N6O3/c1-4-29(39)36-14-15-37(21(2)18-36)30-26-11-13-35(28-17-24(38)16-22-8-5-6-10-25(22)28)19-27(26)32-31(33-30)40-20-23-9-7-12-34(23)3/h4-6,8,10,16-17,21,23,38H,1,7,9,11-15,18-20H2,2-3H3/t21-,23-/m0/s1. The number of hydrogen-bond donors (Lipinski definition) is 1. The summed E-state index contributed by atoms with van der Waals surface area (Å²) in [4.78, 5) is 31.0. The quantitative estimate of drug-likeness (QED) is 0.473. The van der Waals surface area contributed by atoms with Crippen molar-refractivity contribution in [1.29, 1.82) is 0 Å². The normalized spacial score (nSPS) is 21.5. The molecule has 3 aliphatic rings. The largest absolute Gasteiger partial charge is 0.508 e. The second-order valence-corrected chi connectivity index (χ2v) is 11.2. The summed E-state index contributed by atoms with van der Waals surface area (Å²) in [6.07, 6.45) is 4.46. The molecule has 0 spiro atoms. The van der Waals surface area contributed by atoms with Crippen molar-refractivity contribution in [3.63, 3.8) is 0 Å². The molecule has 9 heteroatoms. The van der Waals surface area contributed by atoms with E-state index in [4.69, 9.17) is 14.7 Å². The Morgan fingerprint density at radius 1 is 1.18 bits per heavy atom. The Kier molecular flexibility index (Phi) is 7.23. The monoisotopic (exact) mass is 542 g/mol. The molecule has 6 rings (SSSR count). The van der Waals surface area contributed by atoms with Gasteiger partial charge >= 0.3 is 6.01 Å². The van der Waals surface area contributed by atoms with Gasteiger partial charge in [-0.05, 0) is 57.3 Å². The maximum Gasteiger partial charge on any atom is 0.318 e. The molecule has 0 aliphatic carbocycles. The van der Waals surface area contributed by atoms with Gasteiger partial charge in [0, 0.05) is 61.0 Å². The molecular weight excluding hydrogens is 504 g/mol. The van der Waals surface area contributed by atoms with E-state index in [1.807, 2.05) is 29.2 Å². The zero-order chi connectivity index (χ0) is 27.8. The molecule has 2 saturated heterocycles. The highest BCUT2D eigenvalue weighted by molar-refractivity contribution is 5.95. The molecule has 0 radical (unpaired) electrons. The van der Waals surface area contributed by atoms with Crippen LogP contribution in [0.5, 0.6) is 11.8 Å². The highest BCUT2D eigenvalue weighted by Gasteiger charge is 2.32. The van der Waals surface area contributed by atoms with Crippen molar-refractivity contribution < 1.29 is 14.6 Å². The number of piperazine rings is 1. The van der Waals surface area contributed by atoms with Gasteiger partial charge in [-0.2, -0.15) is 9.97 Å². The third-order valence-electron chi connectivity index (χ3n) is 8.65. The number of anilines is 2. The molecule has 2 atom stereocenters. The molecule has 1 N–H and O–H groups in total. The number of nitrogens with zero attached hydrogens (tertiary/aromatic N) is 6. The Labute approximate surface area is 235 Å². The van der Waals surface area contributed by atoms with E-state index in [9.17, 15) is 9.90 Å². The number of carbonyl (C=O) groups excluding carboxylic acids is 1. The van der Waals surface area contributed by atoms with Crippen LogP contribution in [0.15, 0.2) is 49.1 Å².